The highest BCUT2D eigenvalue weighted by atomic mass is 32.2. The van der Waals surface area contributed by atoms with Crippen LogP contribution in [0.4, 0.5) is 5.69 Å². The largest absolute Gasteiger partial charge is 0.497 e. The maximum absolute atomic E-state index is 12.5. The Kier molecular flexibility index (Phi) is 6.69. The smallest absolute Gasteiger partial charge is 0.241 e. The van der Waals surface area contributed by atoms with Crippen molar-refractivity contribution in [3.63, 3.8) is 0 Å². The Labute approximate surface area is 166 Å². The van der Waals surface area contributed by atoms with Crippen molar-refractivity contribution >= 4 is 21.6 Å². The lowest BCUT2D eigenvalue weighted by molar-refractivity contribution is -0.115. The van der Waals surface area contributed by atoms with Crippen molar-refractivity contribution in [2.75, 3.05) is 19.5 Å². The van der Waals surface area contributed by atoms with Gasteiger partial charge in [0.2, 0.25) is 15.9 Å². The van der Waals surface area contributed by atoms with Gasteiger partial charge in [0, 0.05) is 22.9 Å². The second kappa shape index (κ2) is 8.62. The summed E-state index contributed by atoms with van der Waals surface area (Å²) in [7, 11) is -0.616. The van der Waals surface area contributed by atoms with Crippen LogP contribution in [0.1, 0.15) is 26.3 Å². The Morgan fingerprint density at radius 1 is 1.04 bits per heavy atom. The van der Waals surface area contributed by atoms with Gasteiger partial charge in [0.05, 0.1) is 25.5 Å². The van der Waals surface area contributed by atoms with Crippen LogP contribution in [0.25, 0.3) is 0 Å². The van der Waals surface area contributed by atoms with Crippen LogP contribution in [0.3, 0.4) is 0 Å². The summed E-state index contributed by atoms with van der Waals surface area (Å²) in [5.41, 5.74) is 0.483. The minimum atomic E-state index is -3.69. The van der Waals surface area contributed by atoms with E-state index in [1.165, 1.54) is 19.2 Å². The number of amides is 1. The summed E-state index contributed by atoms with van der Waals surface area (Å²) in [5.74, 6) is 0.882. The van der Waals surface area contributed by atoms with E-state index in [4.69, 9.17) is 9.47 Å². The number of hydrogen-bond donors (Lipinski definition) is 2. The lowest BCUT2D eigenvalue weighted by Crippen LogP contribution is -2.40. The van der Waals surface area contributed by atoms with Crippen LogP contribution in [0.5, 0.6) is 11.5 Å². The first-order valence-electron chi connectivity index (χ1n) is 8.69. The minimum absolute atomic E-state index is 0.0738. The molecule has 2 aromatic carbocycles. The Morgan fingerprint density at radius 3 is 2.36 bits per heavy atom. The first kappa shape index (κ1) is 21.7. The fraction of sp³-hybridized carbons (Fsp3) is 0.350. The average Bonchev–Trinajstić information content (AvgIpc) is 2.60. The monoisotopic (exact) mass is 406 g/mol. The molecule has 0 radical (unpaired) electrons. The van der Waals surface area contributed by atoms with Crippen molar-refractivity contribution in [3.05, 3.63) is 48.0 Å². The molecule has 0 bridgehead atoms. The molecule has 0 aliphatic carbocycles. The van der Waals surface area contributed by atoms with Crippen molar-refractivity contribution in [1.29, 1.82) is 0 Å². The third-order valence-electron chi connectivity index (χ3n) is 3.71. The van der Waals surface area contributed by atoms with Gasteiger partial charge in [-0.15, -0.1) is 0 Å². The number of rotatable bonds is 7. The summed E-state index contributed by atoms with van der Waals surface area (Å²) in [6, 6.07) is 11.3. The summed E-state index contributed by atoms with van der Waals surface area (Å²) in [6.45, 7) is 5.29. The van der Waals surface area contributed by atoms with Crippen LogP contribution in [-0.2, 0) is 21.2 Å². The van der Waals surface area contributed by atoms with E-state index < -0.39 is 15.6 Å². The van der Waals surface area contributed by atoms with E-state index in [1.54, 1.807) is 58.2 Å². The zero-order chi connectivity index (χ0) is 20.9. The molecule has 0 heterocycles. The number of sulfonamides is 1. The Morgan fingerprint density at radius 2 is 1.75 bits per heavy atom. The molecule has 0 fully saturated rings. The van der Waals surface area contributed by atoms with Crippen molar-refractivity contribution in [3.8, 4) is 11.5 Å². The Bertz CT molecular complexity index is 949. The molecule has 28 heavy (non-hydrogen) atoms. The van der Waals surface area contributed by atoms with E-state index in [0.29, 0.717) is 22.7 Å². The predicted molar refractivity (Wildman–Crippen MR) is 108 cm³/mol. The maximum atomic E-state index is 12.5. The summed E-state index contributed by atoms with van der Waals surface area (Å²) < 4.78 is 38.0. The fourth-order valence-corrected chi connectivity index (χ4v) is 4.04. The molecule has 0 saturated carbocycles. The van der Waals surface area contributed by atoms with Crippen molar-refractivity contribution in [2.45, 2.75) is 37.6 Å². The molecular formula is C20H26N2O5S. The molecule has 152 valence electrons. The third-order valence-corrected chi connectivity index (χ3v) is 5.47. The molecule has 2 N–H and O–H groups in total. The van der Waals surface area contributed by atoms with Crippen molar-refractivity contribution < 1.29 is 22.7 Å². The summed E-state index contributed by atoms with van der Waals surface area (Å²) in [4.78, 5) is 12.5. The number of anilines is 1. The molecule has 0 aliphatic rings. The Hall–Kier alpha value is -2.58. The number of ether oxygens (including phenoxy) is 2. The lowest BCUT2D eigenvalue weighted by Gasteiger charge is -2.20. The van der Waals surface area contributed by atoms with E-state index in [-0.39, 0.29) is 17.2 Å². The number of methoxy groups -OCH3 is 2. The van der Waals surface area contributed by atoms with E-state index >= 15 is 0 Å². The van der Waals surface area contributed by atoms with Gasteiger partial charge in [0.1, 0.15) is 11.5 Å². The van der Waals surface area contributed by atoms with E-state index in [0.717, 1.165) is 0 Å². The van der Waals surface area contributed by atoms with Crippen molar-refractivity contribution in [1.82, 2.24) is 4.72 Å². The number of carbonyl (C=O) groups excluding carboxylic acids is 1. The maximum Gasteiger partial charge on any atom is 0.241 e. The Balaban J connectivity index is 2.15. The van der Waals surface area contributed by atoms with Gasteiger partial charge in [-0.25, -0.2) is 13.1 Å². The van der Waals surface area contributed by atoms with Crippen molar-refractivity contribution in [2.24, 2.45) is 0 Å². The third kappa shape index (κ3) is 5.97. The van der Waals surface area contributed by atoms with Gasteiger partial charge in [-0.3, -0.25) is 4.79 Å². The highest BCUT2D eigenvalue weighted by molar-refractivity contribution is 7.89. The van der Waals surface area contributed by atoms with Gasteiger partial charge >= 0.3 is 0 Å². The standard InChI is InChI=1S/C20H26N2O5S/c1-20(2,3)22-28(24,25)17-8-6-7-15(12-17)21-19(23)11-14-9-10-16(26-4)13-18(14)27-5/h6-10,12-13,22H,11H2,1-5H3,(H,21,23). The van der Waals surface area contributed by atoms with Crippen LogP contribution in [0, 0.1) is 0 Å². The average molecular weight is 407 g/mol. The predicted octanol–water partition coefficient (Wildman–Crippen LogP) is 2.96. The highest BCUT2D eigenvalue weighted by Crippen LogP contribution is 2.25. The molecule has 0 spiro atoms. The van der Waals surface area contributed by atoms with Gasteiger partial charge in [-0.2, -0.15) is 0 Å². The molecule has 7 nitrogen and oxygen atoms in total. The zero-order valence-electron chi connectivity index (χ0n) is 16.7. The second-order valence-electron chi connectivity index (χ2n) is 7.29. The first-order chi connectivity index (χ1) is 13.0. The summed E-state index contributed by atoms with van der Waals surface area (Å²) in [5, 5.41) is 2.73. The molecule has 0 aromatic heterocycles. The second-order valence-corrected chi connectivity index (χ2v) is 8.97. The van der Waals surface area contributed by atoms with Crippen LogP contribution in [0.15, 0.2) is 47.4 Å². The zero-order valence-corrected chi connectivity index (χ0v) is 17.5. The SMILES string of the molecule is COc1ccc(CC(=O)Nc2cccc(S(=O)(=O)NC(C)(C)C)c2)c(OC)c1. The number of benzene rings is 2. The fourth-order valence-electron chi connectivity index (χ4n) is 2.58. The molecule has 8 heteroatoms. The van der Waals surface area contributed by atoms with Gasteiger partial charge in [0.15, 0.2) is 0 Å². The van der Waals surface area contributed by atoms with Gasteiger partial charge < -0.3 is 14.8 Å². The number of hydrogen-bond acceptors (Lipinski definition) is 5. The van der Waals surface area contributed by atoms with Crippen LogP contribution in [0.2, 0.25) is 0 Å². The summed E-state index contributed by atoms with van der Waals surface area (Å²) >= 11 is 0. The van der Waals surface area contributed by atoms with Crippen LogP contribution in [-0.4, -0.2) is 34.1 Å². The molecular weight excluding hydrogens is 380 g/mol. The summed E-state index contributed by atoms with van der Waals surface area (Å²) in [6.07, 6.45) is 0.0738. The topological polar surface area (TPSA) is 93.7 Å². The van der Waals surface area contributed by atoms with E-state index in [9.17, 15) is 13.2 Å². The molecule has 2 rings (SSSR count). The van der Waals surface area contributed by atoms with Crippen LogP contribution >= 0.6 is 0 Å². The number of carbonyl (C=O) groups is 1. The first-order valence-corrected chi connectivity index (χ1v) is 10.2. The normalized spacial score (nSPS) is 11.8. The quantitative estimate of drug-likeness (QED) is 0.737. The molecule has 1 amide bonds. The van der Waals surface area contributed by atoms with Crippen LogP contribution < -0.4 is 19.5 Å². The van der Waals surface area contributed by atoms with E-state index in [1.807, 2.05) is 0 Å². The van der Waals surface area contributed by atoms with Gasteiger partial charge in [-0.1, -0.05) is 12.1 Å². The molecule has 0 aliphatic heterocycles. The highest BCUT2D eigenvalue weighted by Gasteiger charge is 2.22. The van der Waals surface area contributed by atoms with Gasteiger partial charge in [0.25, 0.3) is 0 Å². The molecule has 0 saturated heterocycles. The molecule has 0 atom stereocenters. The van der Waals surface area contributed by atoms with E-state index in [2.05, 4.69) is 10.0 Å². The molecule has 0 unspecified atom stereocenters. The minimum Gasteiger partial charge on any atom is -0.497 e. The molecule has 2 aromatic rings. The lowest BCUT2D eigenvalue weighted by atomic mass is 10.1. The van der Waals surface area contributed by atoms with Gasteiger partial charge in [-0.05, 0) is 45.0 Å². The number of nitrogens with one attached hydrogen (secondary N) is 2.